The Labute approximate surface area is 140 Å². The van der Waals surface area contributed by atoms with Crippen molar-refractivity contribution in [1.82, 2.24) is 10.1 Å². The van der Waals surface area contributed by atoms with Gasteiger partial charge < -0.3 is 14.1 Å². The first-order chi connectivity index (χ1) is 10.5. The van der Waals surface area contributed by atoms with E-state index < -0.39 is 6.10 Å². The molecule has 0 fully saturated rings. The lowest BCUT2D eigenvalue weighted by atomic mass is 10.2. The zero-order chi connectivity index (χ0) is 15.7. The first-order valence-electron chi connectivity index (χ1n) is 6.71. The molecule has 0 aliphatic carbocycles. The minimum Gasteiger partial charge on any atom is -0.481 e. The number of aromatic nitrogens is 2. The molecule has 0 saturated carbocycles. The maximum absolute atomic E-state index is 6.13. The molecule has 1 aliphatic heterocycles. The quantitative estimate of drug-likeness (QED) is 0.790. The number of hydrogen-bond acceptors (Lipinski definition) is 6. The van der Waals surface area contributed by atoms with Crippen molar-refractivity contribution in [1.29, 1.82) is 0 Å². The smallest absolute Gasteiger partial charge is 0.275 e. The van der Waals surface area contributed by atoms with Crippen LogP contribution in [0.1, 0.15) is 38.1 Å². The van der Waals surface area contributed by atoms with E-state index in [9.17, 15) is 0 Å². The lowest BCUT2D eigenvalue weighted by molar-refractivity contribution is 0.0995. The van der Waals surface area contributed by atoms with Crippen LogP contribution >= 0.6 is 27.5 Å². The van der Waals surface area contributed by atoms with Gasteiger partial charge >= 0.3 is 0 Å². The van der Waals surface area contributed by atoms with Gasteiger partial charge in [0.15, 0.2) is 6.10 Å². The number of benzene rings is 1. The van der Waals surface area contributed by atoms with Gasteiger partial charge in [0.05, 0.1) is 5.02 Å². The van der Waals surface area contributed by atoms with E-state index in [4.69, 9.17) is 25.7 Å². The van der Waals surface area contributed by atoms with E-state index in [0.717, 1.165) is 4.47 Å². The Morgan fingerprint density at radius 3 is 2.95 bits per heavy atom. The van der Waals surface area contributed by atoms with Crippen molar-refractivity contribution in [3.8, 4) is 5.75 Å². The molecule has 8 heteroatoms. The van der Waals surface area contributed by atoms with E-state index in [1.165, 1.54) is 0 Å². The van der Waals surface area contributed by atoms with Gasteiger partial charge in [-0.15, -0.1) is 0 Å². The average Bonchev–Trinajstić information content (AvgIpc) is 3.10. The lowest BCUT2D eigenvalue weighted by Crippen LogP contribution is -2.07. The van der Waals surface area contributed by atoms with Gasteiger partial charge in [0.2, 0.25) is 5.82 Å². The third kappa shape index (κ3) is 3.25. The highest BCUT2D eigenvalue weighted by atomic mass is 79.9. The van der Waals surface area contributed by atoms with Crippen molar-refractivity contribution in [3.63, 3.8) is 0 Å². The van der Waals surface area contributed by atoms with Crippen molar-refractivity contribution in [2.45, 2.75) is 32.5 Å². The lowest BCUT2D eigenvalue weighted by Gasteiger charge is -2.12. The molecular weight excluding hydrogens is 374 g/mol. The van der Waals surface area contributed by atoms with E-state index in [1.54, 1.807) is 12.1 Å². The zero-order valence-electron chi connectivity index (χ0n) is 11.9. The van der Waals surface area contributed by atoms with Crippen LogP contribution in [0.5, 0.6) is 5.75 Å². The highest BCUT2D eigenvalue weighted by Gasteiger charge is 2.25. The summed E-state index contributed by atoms with van der Waals surface area (Å²) in [5, 5.41) is 8.36. The summed E-state index contributed by atoms with van der Waals surface area (Å²) in [5.74, 6) is 1.34. The second-order valence-electron chi connectivity index (χ2n) is 4.95. The summed E-state index contributed by atoms with van der Waals surface area (Å²) in [5.41, 5.74) is 0.653. The first-order valence-corrected chi connectivity index (χ1v) is 7.88. The Bertz CT molecular complexity index is 719. The molecule has 0 spiro atoms. The van der Waals surface area contributed by atoms with Crippen molar-refractivity contribution in [2.75, 3.05) is 0 Å². The Balaban J connectivity index is 1.73. The standard InChI is InChI=1S/C14H13BrClN3O3/c1-7-5-11(18-21-7)14-17-13(19-22-14)8(2)20-12-4-3-9(15)6-10(12)16/h3-4,6-8H,5H2,1-2H3. The molecule has 2 atom stereocenters. The van der Waals surface area contributed by atoms with E-state index in [1.807, 2.05) is 19.9 Å². The maximum Gasteiger partial charge on any atom is 0.275 e. The molecule has 6 nitrogen and oxygen atoms in total. The van der Waals surface area contributed by atoms with Crippen LogP contribution < -0.4 is 4.74 Å². The molecule has 0 N–H and O–H groups in total. The molecule has 0 radical (unpaired) electrons. The van der Waals surface area contributed by atoms with Gasteiger partial charge in [0, 0.05) is 10.9 Å². The predicted octanol–water partition coefficient (Wildman–Crippen LogP) is 4.14. The fourth-order valence-corrected chi connectivity index (χ4v) is 2.68. The summed E-state index contributed by atoms with van der Waals surface area (Å²) >= 11 is 9.48. The summed E-state index contributed by atoms with van der Waals surface area (Å²) in [6.07, 6.45) is 0.271. The summed E-state index contributed by atoms with van der Waals surface area (Å²) in [7, 11) is 0. The van der Waals surface area contributed by atoms with Crippen molar-refractivity contribution in [3.05, 3.63) is 39.4 Å². The number of ether oxygens (including phenoxy) is 1. The van der Waals surface area contributed by atoms with E-state index in [-0.39, 0.29) is 6.10 Å². The predicted molar refractivity (Wildman–Crippen MR) is 84.2 cm³/mol. The van der Waals surface area contributed by atoms with Crippen LogP contribution in [0.4, 0.5) is 0 Å². The van der Waals surface area contributed by atoms with E-state index >= 15 is 0 Å². The van der Waals surface area contributed by atoms with Gasteiger partial charge in [-0.2, -0.15) is 4.98 Å². The van der Waals surface area contributed by atoms with Crippen LogP contribution in [0.2, 0.25) is 5.02 Å². The molecule has 0 bridgehead atoms. The fourth-order valence-electron chi connectivity index (χ4n) is 1.96. The summed E-state index contributed by atoms with van der Waals surface area (Å²) in [6, 6.07) is 5.39. The Hall–Kier alpha value is -1.60. The van der Waals surface area contributed by atoms with Gasteiger partial charge in [-0.3, -0.25) is 0 Å². The van der Waals surface area contributed by atoms with Crippen LogP contribution in [0.3, 0.4) is 0 Å². The van der Waals surface area contributed by atoms with Gasteiger partial charge in [-0.1, -0.05) is 37.8 Å². The molecule has 2 heterocycles. The molecule has 1 aliphatic rings. The molecule has 0 saturated heterocycles. The van der Waals surface area contributed by atoms with E-state index in [2.05, 4.69) is 31.2 Å². The van der Waals surface area contributed by atoms with Crippen molar-refractivity contribution >= 4 is 33.2 Å². The van der Waals surface area contributed by atoms with Crippen LogP contribution in [0.15, 0.2) is 32.4 Å². The number of rotatable bonds is 4. The largest absolute Gasteiger partial charge is 0.481 e. The third-order valence-electron chi connectivity index (χ3n) is 3.07. The third-order valence-corrected chi connectivity index (χ3v) is 3.86. The number of nitrogens with zero attached hydrogens (tertiary/aromatic N) is 3. The van der Waals surface area contributed by atoms with Crippen LogP contribution in [0.25, 0.3) is 0 Å². The second kappa shape index (κ2) is 6.26. The monoisotopic (exact) mass is 385 g/mol. The molecule has 3 rings (SSSR count). The summed E-state index contributed by atoms with van der Waals surface area (Å²) in [6.45, 7) is 3.75. The topological polar surface area (TPSA) is 69.7 Å². The molecule has 2 aromatic rings. The Morgan fingerprint density at radius 2 is 2.27 bits per heavy atom. The number of halogens is 2. The Kier molecular flexibility index (Phi) is 4.35. The minimum atomic E-state index is -0.406. The first kappa shape index (κ1) is 15.3. The molecule has 1 aromatic carbocycles. The minimum absolute atomic E-state index is 0.0283. The second-order valence-corrected chi connectivity index (χ2v) is 6.27. The highest BCUT2D eigenvalue weighted by molar-refractivity contribution is 9.10. The molecule has 22 heavy (non-hydrogen) atoms. The van der Waals surface area contributed by atoms with E-state index in [0.29, 0.717) is 34.6 Å². The van der Waals surface area contributed by atoms with Gasteiger partial charge in [-0.25, -0.2) is 0 Å². The van der Waals surface area contributed by atoms with Crippen molar-refractivity contribution in [2.24, 2.45) is 5.16 Å². The summed E-state index contributed by atoms with van der Waals surface area (Å²) < 4.78 is 11.9. The Morgan fingerprint density at radius 1 is 1.45 bits per heavy atom. The zero-order valence-corrected chi connectivity index (χ0v) is 14.3. The molecule has 2 unspecified atom stereocenters. The fraction of sp³-hybridized carbons (Fsp3) is 0.357. The molecular formula is C14H13BrClN3O3. The molecule has 1 aromatic heterocycles. The average molecular weight is 387 g/mol. The SMILES string of the molecule is CC1CC(c2nc(C(C)Oc3ccc(Br)cc3Cl)no2)=NO1. The summed E-state index contributed by atoms with van der Waals surface area (Å²) in [4.78, 5) is 9.42. The highest BCUT2D eigenvalue weighted by Crippen LogP contribution is 2.31. The normalized spacial score (nSPS) is 18.7. The number of hydrogen-bond donors (Lipinski definition) is 0. The maximum atomic E-state index is 6.13. The molecule has 0 amide bonds. The van der Waals surface area contributed by atoms with Gasteiger partial charge in [-0.05, 0) is 32.0 Å². The van der Waals surface area contributed by atoms with Crippen LogP contribution in [-0.4, -0.2) is 22.0 Å². The van der Waals surface area contributed by atoms with Gasteiger partial charge in [0.1, 0.15) is 17.6 Å². The number of oxime groups is 1. The van der Waals surface area contributed by atoms with Crippen LogP contribution in [-0.2, 0) is 4.84 Å². The molecule has 116 valence electrons. The van der Waals surface area contributed by atoms with Crippen LogP contribution in [0, 0.1) is 0 Å². The van der Waals surface area contributed by atoms with Crippen molar-refractivity contribution < 1.29 is 14.1 Å². The van der Waals surface area contributed by atoms with Gasteiger partial charge in [0.25, 0.3) is 5.89 Å².